The molecular formula is C22H25N3O2. The van der Waals surface area contributed by atoms with Crippen molar-refractivity contribution in [1.82, 2.24) is 15.0 Å². The number of amides is 1. The van der Waals surface area contributed by atoms with E-state index >= 15 is 0 Å². The first-order valence-electron chi connectivity index (χ1n) is 8.99. The summed E-state index contributed by atoms with van der Waals surface area (Å²) in [5.74, 6) is 0.860. The van der Waals surface area contributed by atoms with Crippen LogP contribution in [0.5, 0.6) is 0 Å². The number of benzene rings is 2. The van der Waals surface area contributed by atoms with Gasteiger partial charge in [-0.05, 0) is 30.0 Å². The predicted octanol–water partition coefficient (Wildman–Crippen LogP) is 4.61. The summed E-state index contributed by atoms with van der Waals surface area (Å²) in [5, 5.41) is 4.02. The Balaban J connectivity index is 1.69. The highest BCUT2D eigenvalue weighted by molar-refractivity contribution is 5.94. The Morgan fingerprint density at radius 3 is 2.26 bits per heavy atom. The summed E-state index contributed by atoms with van der Waals surface area (Å²) < 4.78 is 5.31. The summed E-state index contributed by atoms with van der Waals surface area (Å²) in [6, 6.07) is 15.7. The van der Waals surface area contributed by atoms with Crippen molar-refractivity contribution in [1.29, 1.82) is 0 Å². The third-order valence-electron chi connectivity index (χ3n) is 4.49. The Labute approximate surface area is 160 Å². The molecule has 3 rings (SSSR count). The molecule has 5 heteroatoms. The van der Waals surface area contributed by atoms with Crippen molar-refractivity contribution >= 4 is 5.91 Å². The van der Waals surface area contributed by atoms with Gasteiger partial charge in [-0.1, -0.05) is 67.9 Å². The van der Waals surface area contributed by atoms with Crippen LogP contribution in [0.4, 0.5) is 0 Å². The van der Waals surface area contributed by atoms with Crippen LogP contribution in [0.2, 0.25) is 0 Å². The molecule has 0 aliphatic rings. The monoisotopic (exact) mass is 363 g/mol. The highest BCUT2D eigenvalue weighted by atomic mass is 16.5. The van der Waals surface area contributed by atoms with E-state index in [1.54, 1.807) is 11.9 Å². The highest BCUT2D eigenvalue weighted by Gasteiger charge is 2.18. The molecule has 3 aromatic rings. The minimum absolute atomic E-state index is 0.0591. The fourth-order valence-corrected chi connectivity index (χ4v) is 2.75. The molecule has 0 aliphatic carbocycles. The molecule has 1 heterocycles. The lowest BCUT2D eigenvalue weighted by Gasteiger charge is -2.20. The van der Waals surface area contributed by atoms with Crippen LogP contribution in [-0.2, 0) is 12.0 Å². The van der Waals surface area contributed by atoms with Gasteiger partial charge in [0.1, 0.15) is 0 Å². The van der Waals surface area contributed by atoms with Crippen molar-refractivity contribution < 1.29 is 9.32 Å². The van der Waals surface area contributed by atoms with E-state index in [0.717, 1.165) is 5.56 Å². The number of hydrogen-bond donors (Lipinski definition) is 0. The zero-order valence-corrected chi connectivity index (χ0v) is 16.5. The Morgan fingerprint density at radius 2 is 1.67 bits per heavy atom. The lowest BCUT2D eigenvalue weighted by Crippen LogP contribution is -2.26. The molecule has 0 atom stereocenters. The van der Waals surface area contributed by atoms with Crippen molar-refractivity contribution in [2.24, 2.45) is 0 Å². The maximum atomic E-state index is 12.7. The van der Waals surface area contributed by atoms with Gasteiger partial charge in [0.25, 0.3) is 5.91 Å². The molecule has 1 amide bonds. The van der Waals surface area contributed by atoms with Crippen molar-refractivity contribution in [2.45, 2.75) is 39.7 Å². The smallest absolute Gasteiger partial charge is 0.254 e. The molecule has 140 valence electrons. The fraction of sp³-hybridized carbons (Fsp3) is 0.318. The van der Waals surface area contributed by atoms with E-state index in [9.17, 15) is 4.79 Å². The van der Waals surface area contributed by atoms with E-state index in [4.69, 9.17) is 4.52 Å². The second kappa shape index (κ2) is 7.35. The zero-order chi connectivity index (χ0) is 19.6. The van der Waals surface area contributed by atoms with Crippen molar-refractivity contribution in [2.75, 3.05) is 7.05 Å². The first-order valence-corrected chi connectivity index (χ1v) is 8.99. The van der Waals surface area contributed by atoms with Gasteiger partial charge in [0, 0.05) is 18.2 Å². The van der Waals surface area contributed by atoms with Gasteiger partial charge in [0.05, 0.1) is 6.54 Å². The largest absolute Gasteiger partial charge is 0.337 e. The minimum atomic E-state index is -0.0782. The fourth-order valence-electron chi connectivity index (χ4n) is 2.75. The summed E-state index contributed by atoms with van der Waals surface area (Å²) in [6.07, 6.45) is 0. The molecule has 0 saturated carbocycles. The first-order chi connectivity index (χ1) is 12.7. The van der Waals surface area contributed by atoms with Crippen molar-refractivity contribution in [3.05, 3.63) is 71.1 Å². The molecule has 0 radical (unpaired) electrons. The molecule has 0 unspecified atom stereocenters. The van der Waals surface area contributed by atoms with Crippen LogP contribution in [0, 0.1) is 6.92 Å². The van der Waals surface area contributed by atoms with E-state index in [1.807, 2.05) is 55.5 Å². The molecule has 0 saturated heterocycles. The standard InChI is InChI=1S/C22H25N3O2/c1-15-6-8-16(9-7-15)20-23-19(27-24-20)14-25(5)21(26)17-10-12-18(13-11-17)22(2,3)4/h6-13H,14H2,1-5H3. The number of hydrogen-bond acceptors (Lipinski definition) is 4. The van der Waals surface area contributed by atoms with Crippen LogP contribution < -0.4 is 0 Å². The number of carbonyl (C=O) groups excluding carboxylic acids is 1. The van der Waals surface area contributed by atoms with Crippen molar-refractivity contribution in [3.63, 3.8) is 0 Å². The maximum absolute atomic E-state index is 12.7. The van der Waals surface area contributed by atoms with Gasteiger partial charge >= 0.3 is 0 Å². The Morgan fingerprint density at radius 1 is 1.04 bits per heavy atom. The van der Waals surface area contributed by atoms with E-state index in [0.29, 0.717) is 17.3 Å². The van der Waals surface area contributed by atoms with Gasteiger partial charge in [-0.2, -0.15) is 4.98 Å². The summed E-state index contributed by atoms with van der Waals surface area (Å²) >= 11 is 0. The lowest BCUT2D eigenvalue weighted by atomic mass is 9.86. The van der Waals surface area contributed by atoms with Crippen LogP contribution in [-0.4, -0.2) is 28.0 Å². The quantitative estimate of drug-likeness (QED) is 0.679. The molecule has 2 aromatic carbocycles. The minimum Gasteiger partial charge on any atom is -0.337 e. The van der Waals surface area contributed by atoms with E-state index < -0.39 is 0 Å². The predicted molar refractivity (Wildman–Crippen MR) is 105 cm³/mol. The number of aromatic nitrogens is 2. The lowest BCUT2D eigenvalue weighted by molar-refractivity contribution is 0.0769. The number of nitrogens with zero attached hydrogens (tertiary/aromatic N) is 3. The summed E-state index contributed by atoms with van der Waals surface area (Å²) in [7, 11) is 1.73. The molecular weight excluding hydrogens is 338 g/mol. The summed E-state index contributed by atoms with van der Waals surface area (Å²) in [5.41, 5.74) is 3.96. The molecule has 5 nitrogen and oxygen atoms in total. The molecule has 0 spiro atoms. The number of rotatable bonds is 4. The second-order valence-corrected chi connectivity index (χ2v) is 7.87. The molecule has 0 aliphatic heterocycles. The topological polar surface area (TPSA) is 59.2 Å². The molecule has 1 aromatic heterocycles. The Hall–Kier alpha value is -2.95. The van der Waals surface area contributed by atoms with E-state index in [-0.39, 0.29) is 17.9 Å². The molecule has 0 bridgehead atoms. The highest BCUT2D eigenvalue weighted by Crippen LogP contribution is 2.23. The van der Waals surface area contributed by atoms with Crippen LogP contribution in [0.1, 0.15) is 48.1 Å². The van der Waals surface area contributed by atoms with Gasteiger partial charge in [-0.25, -0.2) is 0 Å². The van der Waals surface area contributed by atoms with Crippen LogP contribution >= 0.6 is 0 Å². The van der Waals surface area contributed by atoms with Crippen LogP contribution in [0.25, 0.3) is 11.4 Å². The van der Waals surface area contributed by atoms with Gasteiger partial charge in [0.15, 0.2) is 0 Å². The van der Waals surface area contributed by atoms with Gasteiger partial charge < -0.3 is 9.42 Å². The van der Waals surface area contributed by atoms with Crippen molar-refractivity contribution in [3.8, 4) is 11.4 Å². The summed E-state index contributed by atoms with van der Waals surface area (Å²) in [4.78, 5) is 18.6. The average molecular weight is 363 g/mol. The zero-order valence-electron chi connectivity index (χ0n) is 16.5. The Bertz CT molecular complexity index is 919. The molecule has 27 heavy (non-hydrogen) atoms. The third kappa shape index (κ3) is 4.42. The van der Waals surface area contributed by atoms with E-state index in [2.05, 4.69) is 30.9 Å². The van der Waals surface area contributed by atoms with Gasteiger partial charge in [0.2, 0.25) is 11.7 Å². The SMILES string of the molecule is Cc1ccc(-c2noc(CN(C)C(=O)c3ccc(C(C)(C)C)cc3)n2)cc1. The van der Waals surface area contributed by atoms with Crippen LogP contribution in [0.3, 0.4) is 0 Å². The first kappa shape index (κ1) is 18.8. The average Bonchev–Trinajstić information content (AvgIpc) is 3.09. The number of aryl methyl sites for hydroxylation is 1. The van der Waals surface area contributed by atoms with Crippen LogP contribution in [0.15, 0.2) is 53.1 Å². The van der Waals surface area contributed by atoms with Gasteiger partial charge in [-0.3, -0.25) is 4.79 Å². The molecule has 0 fully saturated rings. The third-order valence-corrected chi connectivity index (χ3v) is 4.49. The summed E-state index contributed by atoms with van der Waals surface area (Å²) in [6.45, 7) is 8.74. The molecule has 0 N–H and O–H groups in total. The van der Waals surface area contributed by atoms with Gasteiger partial charge in [-0.15, -0.1) is 0 Å². The number of carbonyl (C=O) groups is 1. The van der Waals surface area contributed by atoms with E-state index in [1.165, 1.54) is 11.1 Å². The second-order valence-electron chi connectivity index (χ2n) is 7.87. The maximum Gasteiger partial charge on any atom is 0.254 e. The normalized spacial score (nSPS) is 11.4. The Kier molecular flexibility index (Phi) is 5.13.